The van der Waals surface area contributed by atoms with Crippen molar-refractivity contribution in [2.45, 2.75) is 13.3 Å². The molecule has 0 spiro atoms. The van der Waals surface area contributed by atoms with Gasteiger partial charge in [-0.15, -0.1) is 0 Å². The third-order valence-electron chi connectivity index (χ3n) is 1.97. The SMILES string of the molecule is CCCOCCOC(=O)c1cc(N)cc(Cl)c1. The summed E-state index contributed by atoms with van der Waals surface area (Å²) in [5.74, 6) is -0.445. The maximum Gasteiger partial charge on any atom is 0.338 e. The van der Waals surface area contributed by atoms with Crippen LogP contribution in [0.4, 0.5) is 5.69 Å². The molecule has 0 unspecified atom stereocenters. The minimum atomic E-state index is -0.445. The van der Waals surface area contributed by atoms with E-state index in [1.165, 1.54) is 12.1 Å². The Balaban J connectivity index is 2.41. The molecule has 1 aromatic carbocycles. The van der Waals surface area contributed by atoms with E-state index in [-0.39, 0.29) is 6.61 Å². The second-order valence-corrected chi connectivity index (χ2v) is 3.96. The van der Waals surface area contributed by atoms with Crippen LogP contribution in [0.2, 0.25) is 5.02 Å². The number of hydrogen-bond acceptors (Lipinski definition) is 4. The van der Waals surface area contributed by atoms with Crippen molar-refractivity contribution < 1.29 is 14.3 Å². The molecule has 4 nitrogen and oxygen atoms in total. The molecule has 1 rings (SSSR count). The summed E-state index contributed by atoms with van der Waals surface area (Å²) < 4.78 is 10.2. The largest absolute Gasteiger partial charge is 0.460 e. The number of carbonyl (C=O) groups excluding carboxylic acids is 1. The predicted octanol–water partition coefficient (Wildman–Crippen LogP) is 2.51. The number of hydrogen-bond donors (Lipinski definition) is 1. The van der Waals surface area contributed by atoms with Gasteiger partial charge in [-0.05, 0) is 24.6 Å². The number of anilines is 1. The van der Waals surface area contributed by atoms with E-state index in [1.807, 2.05) is 6.92 Å². The van der Waals surface area contributed by atoms with E-state index in [0.717, 1.165) is 6.42 Å². The minimum absolute atomic E-state index is 0.227. The van der Waals surface area contributed by atoms with E-state index in [1.54, 1.807) is 6.07 Å². The summed E-state index contributed by atoms with van der Waals surface area (Å²) in [6.07, 6.45) is 0.943. The highest BCUT2D eigenvalue weighted by Crippen LogP contribution is 2.17. The Labute approximate surface area is 106 Å². The average Bonchev–Trinajstić information content (AvgIpc) is 2.27. The van der Waals surface area contributed by atoms with E-state index < -0.39 is 5.97 Å². The lowest BCUT2D eigenvalue weighted by Crippen LogP contribution is -2.11. The van der Waals surface area contributed by atoms with Crippen molar-refractivity contribution in [2.24, 2.45) is 0 Å². The predicted molar refractivity (Wildman–Crippen MR) is 67.3 cm³/mol. The summed E-state index contributed by atoms with van der Waals surface area (Å²) in [6.45, 7) is 3.31. The van der Waals surface area contributed by atoms with Crippen LogP contribution in [0.5, 0.6) is 0 Å². The molecular formula is C12H16ClNO3. The Morgan fingerprint density at radius 3 is 2.71 bits per heavy atom. The maximum atomic E-state index is 11.6. The quantitative estimate of drug-likeness (QED) is 0.483. The van der Waals surface area contributed by atoms with Crippen molar-refractivity contribution in [1.82, 2.24) is 0 Å². The molecule has 0 radical (unpaired) electrons. The minimum Gasteiger partial charge on any atom is -0.460 e. The average molecular weight is 258 g/mol. The Morgan fingerprint density at radius 2 is 2.06 bits per heavy atom. The normalized spacial score (nSPS) is 10.2. The molecule has 94 valence electrons. The van der Waals surface area contributed by atoms with Gasteiger partial charge in [-0.2, -0.15) is 0 Å². The van der Waals surface area contributed by atoms with Gasteiger partial charge < -0.3 is 15.2 Å². The maximum absolute atomic E-state index is 11.6. The smallest absolute Gasteiger partial charge is 0.338 e. The van der Waals surface area contributed by atoms with Crippen LogP contribution >= 0.6 is 11.6 Å². The second kappa shape index (κ2) is 7.14. The standard InChI is InChI=1S/C12H16ClNO3/c1-2-3-16-4-5-17-12(15)9-6-10(13)8-11(14)7-9/h6-8H,2-5,14H2,1H3. The fraction of sp³-hybridized carbons (Fsp3) is 0.417. The van der Waals surface area contributed by atoms with Crippen LogP contribution in [0.25, 0.3) is 0 Å². The number of carbonyl (C=O) groups is 1. The summed E-state index contributed by atoms with van der Waals surface area (Å²) in [4.78, 5) is 11.6. The van der Waals surface area contributed by atoms with Crippen molar-refractivity contribution in [3.63, 3.8) is 0 Å². The first-order valence-corrected chi connectivity index (χ1v) is 5.82. The van der Waals surface area contributed by atoms with Crippen molar-refractivity contribution >= 4 is 23.3 Å². The Bertz CT molecular complexity index is 362. The van der Waals surface area contributed by atoms with Crippen LogP contribution < -0.4 is 5.73 Å². The van der Waals surface area contributed by atoms with Gasteiger partial charge in [-0.1, -0.05) is 18.5 Å². The van der Waals surface area contributed by atoms with Crippen molar-refractivity contribution in [2.75, 3.05) is 25.6 Å². The Morgan fingerprint density at radius 1 is 1.29 bits per heavy atom. The van der Waals surface area contributed by atoms with E-state index >= 15 is 0 Å². The molecule has 0 saturated carbocycles. The molecule has 0 saturated heterocycles. The molecular weight excluding hydrogens is 242 g/mol. The number of nitrogens with two attached hydrogens (primary N) is 1. The monoisotopic (exact) mass is 257 g/mol. The molecule has 0 amide bonds. The molecule has 2 N–H and O–H groups in total. The number of esters is 1. The number of rotatable bonds is 6. The third-order valence-corrected chi connectivity index (χ3v) is 2.18. The molecule has 0 fully saturated rings. The second-order valence-electron chi connectivity index (χ2n) is 3.52. The highest BCUT2D eigenvalue weighted by molar-refractivity contribution is 6.31. The first-order valence-electron chi connectivity index (χ1n) is 5.44. The molecule has 0 heterocycles. The lowest BCUT2D eigenvalue weighted by Gasteiger charge is -2.06. The van der Waals surface area contributed by atoms with Crippen LogP contribution in [0.1, 0.15) is 23.7 Å². The zero-order valence-corrected chi connectivity index (χ0v) is 10.5. The molecule has 0 aromatic heterocycles. The van der Waals surface area contributed by atoms with Gasteiger partial charge in [0, 0.05) is 17.3 Å². The zero-order valence-electron chi connectivity index (χ0n) is 9.74. The summed E-state index contributed by atoms with van der Waals surface area (Å²) in [5.41, 5.74) is 6.36. The number of benzene rings is 1. The van der Waals surface area contributed by atoms with Crippen molar-refractivity contribution in [1.29, 1.82) is 0 Å². The van der Waals surface area contributed by atoms with E-state index in [4.69, 9.17) is 26.8 Å². The fourth-order valence-electron chi connectivity index (χ4n) is 1.25. The van der Waals surface area contributed by atoms with E-state index in [0.29, 0.717) is 29.5 Å². The van der Waals surface area contributed by atoms with Crippen molar-refractivity contribution in [3.05, 3.63) is 28.8 Å². The molecule has 0 aliphatic rings. The molecule has 0 bridgehead atoms. The molecule has 0 aliphatic heterocycles. The first-order chi connectivity index (χ1) is 8.13. The molecule has 0 aliphatic carbocycles. The van der Waals surface area contributed by atoms with Crippen LogP contribution in [-0.4, -0.2) is 25.8 Å². The van der Waals surface area contributed by atoms with Crippen molar-refractivity contribution in [3.8, 4) is 0 Å². The molecule has 17 heavy (non-hydrogen) atoms. The van der Waals surface area contributed by atoms with Gasteiger partial charge in [0.2, 0.25) is 0 Å². The molecule has 1 aromatic rings. The zero-order chi connectivity index (χ0) is 12.7. The van der Waals surface area contributed by atoms with Gasteiger partial charge in [-0.25, -0.2) is 4.79 Å². The number of nitrogen functional groups attached to an aromatic ring is 1. The summed E-state index contributed by atoms with van der Waals surface area (Å²) in [5, 5.41) is 0.416. The topological polar surface area (TPSA) is 61.5 Å². The highest BCUT2D eigenvalue weighted by Gasteiger charge is 2.08. The molecule has 0 atom stereocenters. The highest BCUT2D eigenvalue weighted by atomic mass is 35.5. The number of ether oxygens (including phenoxy) is 2. The van der Waals surface area contributed by atoms with Crippen LogP contribution in [-0.2, 0) is 9.47 Å². The Hall–Kier alpha value is -1.26. The van der Waals surface area contributed by atoms with Gasteiger partial charge in [0.15, 0.2) is 0 Å². The Kier molecular flexibility index (Phi) is 5.80. The van der Waals surface area contributed by atoms with Gasteiger partial charge in [0.25, 0.3) is 0 Å². The van der Waals surface area contributed by atoms with Gasteiger partial charge in [0.05, 0.1) is 12.2 Å². The van der Waals surface area contributed by atoms with Crippen LogP contribution in [0, 0.1) is 0 Å². The lowest BCUT2D eigenvalue weighted by molar-refractivity contribution is 0.0318. The fourth-order valence-corrected chi connectivity index (χ4v) is 1.50. The first kappa shape index (κ1) is 13.8. The van der Waals surface area contributed by atoms with Crippen LogP contribution in [0.15, 0.2) is 18.2 Å². The number of halogens is 1. The lowest BCUT2D eigenvalue weighted by atomic mass is 10.2. The summed E-state index contributed by atoms with van der Waals surface area (Å²) in [6, 6.07) is 4.62. The third kappa shape index (κ3) is 5.06. The van der Waals surface area contributed by atoms with Gasteiger partial charge in [-0.3, -0.25) is 0 Å². The van der Waals surface area contributed by atoms with Gasteiger partial charge in [0.1, 0.15) is 6.61 Å². The van der Waals surface area contributed by atoms with Crippen LogP contribution in [0.3, 0.4) is 0 Å². The van der Waals surface area contributed by atoms with E-state index in [9.17, 15) is 4.79 Å². The van der Waals surface area contributed by atoms with Gasteiger partial charge >= 0.3 is 5.97 Å². The summed E-state index contributed by atoms with van der Waals surface area (Å²) in [7, 11) is 0. The molecule has 5 heteroatoms. The summed E-state index contributed by atoms with van der Waals surface area (Å²) >= 11 is 5.78. The van der Waals surface area contributed by atoms with E-state index in [2.05, 4.69) is 0 Å².